The molecule has 0 saturated carbocycles. The number of nitrogens with two attached hydrogens (primary N) is 1. The Morgan fingerprint density at radius 2 is 1.92 bits per heavy atom. The van der Waals surface area contributed by atoms with Gasteiger partial charge in [0.2, 0.25) is 5.91 Å². The van der Waals surface area contributed by atoms with Gasteiger partial charge in [-0.15, -0.1) is 0 Å². The van der Waals surface area contributed by atoms with Gasteiger partial charge in [0, 0.05) is 19.0 Å². The summed E-state index contributed by atoms with van der Waals surface area (Å²) >= 11 is 0. The minimum absolute atomic E-state index is 0.00105. The van der Waals surface area contributed by atoms with E-state index in [9.17, 15) is 18.0 Å². The topological polar surface area (TPSA) is 64.8 Å². The first-order valence-corrected chi connectivity index (χ1v) is 8.35. The molecule has 0 aromatic heterocycles. The molecule has 25 heavy (non-hydrogen) atoms. The van der Waals surface area contributed by atoms with Crippen LogP contribution in [0.25, 0.3) is 0 Å². The number of ether oxygens (including phenoxy) is 2. The van der Waals surface area contributed by atoms with Crippen LogP contribution in [0.4, 0.5) is 13.2 Å². The lowest BCUT2D eigenvalue weighted by Gasteiger charge is -2.39. The number of hydrogen-bond acceptors (Lipinski definition) is 4. The maximum Gasteiger partial charge on any atom is 0.408 e. The Bertz CT molecular complexity index is 636. The van der Waals surface area contributed by atoms with Gasteiger partial charge in [-0.25, -0.2) is 0 Å². The van der Waals surface area contributed by atoms with E-state index in [1.807, 2.05) is 0 Å². The zero-order valence-corrected chi connectivity index (χ0v) is 13.7. The SMILES string of the molecule is N[C@@H]1CC[C@@H](C(F)(F)F)N(C(=O)CCc2ccc3c(c2)OCCO3)C1. The van der Waals surface area contributed by atoms with Gasteiger partial charge in [-0.2, -0.15) is 13.2 Å². The van der Waals surface area contributed by atoms with Crippen molar-refractivity contribution in [2.24, 2.45) is 5.73 Å². The third kappa shape index (κ3) is 4.18. The number of carbonyl (C=O) groups is 1. The molecule has 1 fully saturated rings. The van der Waals surface area contributed by atoms with E-state index in [2.05, 4.69) is 0 Å². The zero-order valence-electron chi connectivity index (χ0n) is 13.7. The third-order valence-electron chi connectivity index (χ3n) is 4.55. The Labute approximate surface area is 143 Å². The summed E-state index contributed by atoms with van der Waals surface area (Å²) in [6.07, 6.45) is -3.95. The van der Waals surface area contributed by atoms with Crippen LogP contribution < -0.4 is 15.2 Å². The first kappa shape index (κ1) is 17.8. The number of rotatable bonds is 3. The zero-order chi connectivity index (χ0) is 18.0. The van der Waals surface area contributed by atoms with E-state index in [0.717, 1.165) is 10.5 Å². The van der Waals surface area contributed by atoms with Crippen molar-refractivity contribution >= 4 is 5.91 Å². The number of halogens is 3. The highest BCUT2D eigenvalue weighted by molar-refractivity contribution is 5.77. The predicted octanol–water partition coefficient (Wildman–Crippen LogP) is 2.27. The summed E-state index contributed by atoms with van der Waals surface area (Å²) in [5.74, 6) is 0.720. The average molecular weight is 358 g/mol. The summed E-state index contributed by atoms with van der Waals surface area (Å²) in [7, 11) is 0. The van der Waals surface area contributed by atoms with Crippen molar-refractivity contribution in [3.05, 3.63) is 23.8 Å². The highest BCUT2D eigenvalue weighted by Crippen LogP contribution is 2.33. The first-order valence-electron chi connectivity index (χ1n) is 8.35. The van der Waals surface area contributed by atoms with Crippen molar-refractivity contribution in [2.45, 2.75) is 43.9 Å². The van der Waals surface area contributed by atoms with Gasteiger partial charge in [-0.3, -0.25) is 4.79 Å². The van der Waals surface area contributed by atoms with Crippen molar-refractivity contribution in [3.8, 4) is 11.5 Å². The van der Waals surface area contributed by atoms with Crippen LogP contribution in [0, 0.1) is 0 Å². The van der Waals surface area contributed by atoms with Gasteiger partial charge in [-0.05, 0) is 37.0 Å². The van der Waals surface area contributed by atoms with Crippen molar-refractivity contribution in [3.63, 3.8) is 0 Å². The fourth-order valence-electron chi connectivity index (χ4n) is 3.25. The molecule has 1 aromatic rings. The number of carbonyl (C=O) groups excluding carboxylic acids is 1. The van der Waals surface area contributed by atoms with E-state index in [0.29, 0.717) is 31.1 Å². The van der Waals surface area contributed by atoms with Gasteiger partial charge in [0.05, 0.1) is 0 Å². The number of nitrogens with zero attached hydrogens (tertiary/aromatic N) is 1. The maximum atomic E-state index is 13.2. The Morgan fingerprint density at radius 3 is 2.64 bits per heavy atom. The fourth-order valence-corrected chi connectivity index (χ4v) is 3.25. The molecule has 0 aliphatic carbocycles. The van der Waals surface area contributed by atoms with E-state index in [-0.39, 0.29) is 25.8 Å². The second kappa shape index (κ2) is 7.11. The van der Waals surface area contributed by atoms with Crippen LogP contribution in [0.1, 0.15) is 24.8 Å². The van der Waals surface area contributed by atoms with Crippen molar-refractivity contribution in [2.75, 3.05) is 19.8 Å². The molecule has 8 heteroatoms. The lowest BCUT2D eigenvalue weighted by Crippen LogP contribution is -2.56. The molecule has 1 amide bonds. The quantitative estimate of drug-likeness (QED) is 0.900. The normalized spacial score (nSPS) is 23.4. The summed E-state index contributed by atoms with van der Waals surface area (Å²) in [6, 6.07) is 3.18. The number of aryl methyl sites for hydroxylation is 1. The molecule has 2 aliphatic rings. The largest absolute Gasteiger partial charge is 0.486 e. The van der Waals surface area contributed by atoms with E-state index in [4.69, 9.17) is 15.2 Å². The summed E-state index contributed by atoms with van der Waals surface area (Å²) in [5, 5.41) is 0. The number of amides is 1. The fraction of sp³-hybridized carbons (Fsp3) is 0.588. The second-order valence-electron chi connectivity index (χ2n) is 6.42. The standard InChI is InChI=1S/C17H21F3N2O3/c18-17(19,20)15-5-3-12(21)10-22(15)16(23)6-2-11-1-4-13-14(9-11)25-8-7-24-13/h1,4,9,12,15H,2-3,5-8,10,21H2/t12-,15+/m1/s1. The van der Waals surface area contributed by atoms with E-state index in [1.165, 1.54) is 0 Å². The molecule has 1 aromatic carbocycles. The highest BCUT2D eigenvalue weighted by atomic mass is 19.4. The van der Waals surface area contributed by atoms with Crippen LogP contribution in [-0.4, -0.2) is 48.8 Å². The molecule has 0 bridgehead atoms. The van der Waals surface area contributed by atoms with Gasteiger partial charge in [0.25, 0.3) is 0 Å². The van der Waals surface area contributed by atoms with Crippen LogP contribution in [0.5, 0.6) is 11.5 Å². The molecule has 0 radical (unpaired) electrons. The summed E-state index contributed by atoms with van der Waals surface area (Å²) in [5.41, 5.74) is 6.58. The van der Waals surface area contributed by atoms with Crippen LogP contribution in [-0.2, 0) is 11.2 Å². The first-order chi connectivity index (χ1) is 11.8. The number of benzene rings is 1. The molecule has 138 valence electrons. The molecule has 1 saturated heterocycles. The molecular formula is C17H21F3N2O3. The lowest BCUT2D eigenvalue weighted by molar-refractivity contribution is -0.196. The Balaban J connectivity index is 1.64. The molecule has 5 nitrogen and oxygen atoms in total. The molecule has 2 aliphatic heterocycles. The predicted molar refractivity (Wildman–Crippen MR) is 84.5 cm³/mol. The lowest BCUT2D eigenvalue weighted by atomic mass is 9.97. The number of piperidine rings is 1. The minimum atomic E-state index is -4.42. The third-order valence-corrected chi connectivity index (χ3v) is 4.55. The number of likely N-dealkylation sites (tertiary alicyclic amines) is 1. The molecule has 0 spiro atoms. The van der Waals surface area contributed by atoms with Gasteiger partial charge < -0.3 is 20.1 Å². The van der Waals surface area contributed by atoms with Gasteiger partial charge in [-0.1, -0.05) is 6.07 Å². The van der Waals surface area contributed by atoms with E-state index >= 15 is 0 Å². The van der Waals surface area contributed by atoms with Gasteiger partial charge in [0.15, 0.2) is 11.5 Å². The summed E-state index contributed by atoms with van der Waals surface area (Å²) in [4.78, 5) is 13.3. The van der Waals surface area contributed by atoms with Gasteiger partial charge in [0.1, 0.15) is 19.3 Å². The molecule has 2 heterocycles. The van der Waals surface area contributed by atoms with Gasteiger partial charge >= 0.3 is 6.18 Å². The number of fused-ring (bicyclic) bond motifs is 1. The molecular weight excluding hydrogens is 337 g/mol. The summed E-state index contributed by atoms with van der Waals surface area (Å²) < 4.78 is 50.4. The molecule has 2 N–H and O–H groups in total. The van der Waals surface area contributed by atoms with Crippen molar-refractivity contribution in [1.29, 1.82) is 0 Å². The number of hydrogen-bond donors (Lipinski definition) is 1. The van der Waals surface area contributed by atoms with E-state index in [1.54, 1.807) is 18.2 Å². The molecule has 0 unspecified atom stereocenters. The minimum Gasteiger partial charge on any atom is -0.486 e. The van der Waals surface area contributed by atoms with Crippen molar-refractivity contribution < 1.29 is 27.4 Å². The van der Waals surface area contributed by atoms with E-state index < -0.39 is 24.2 Å². The maximum absolute atomic E-state index is 13.2. The Morgan fingerprint density at radius 1 is 1.20 bits per heavy atom. The van der Waals surface area contributed by atoms with Crippen molar-refractivity contribution in [1.82, 2.24) is 4.90 Å². The van der Waals surface area contributed by atoms with Crippen LogP contribution in [0.2, 0.25) is 0 Å². The second-order valence-corrected chi connectivity index (χ2v) is 6.42. The Hall–Kier alpha value is -1.96. The average Bonchev–Trinajstić information content (AvgIpc) is 2.58. The molecule has 3 rings (SSSR count). The smallest absolute Gasteiger partial charge is 0.408 e. The molecule has 2 atom stereocenters. The Kier molecular flexibility index (Phi) is 5.08. The van der Waals surface area contributed by atoms with Crippen LogP contribution in [0.3, 0.4) is 0 Å². The van der Waals surface area contributed by atoms with Crippen LogP contribution >= 0.6 is 0 Å². The van der Waals surface area contributed by atoms with Crippen LogP contribution in [0.15, 0.2) is 18.2 Å². The monoisotopic (exact) mass is 358 g/mol. The number of alkyl halides is 3. The summed E-state index contributed by atoms with van der Waals surface area (Å²) in [6.45, 7) is 0.886. The highest BCUT2D eigenvalue weighted by Gasteiger charge is 2.47.